The number of anilines is 1. The Hall–Kier alpha value is -3.70. The Balaban J connectivity index is 2.10. The third-order valence-electron chi connectivity index (χ3n) is 5.05. The Morgan fingerprint density at radius 3 is 2.65 bits per heavy atom. The Morgan fingerprint density at radius 2 is 1.97 bits per heavy atom. The molecule has 0 saturated heterocycles. The molecule has 1 aromatic heterocycles. The van der Waals surface area contributed by atoms with E-state index in [2.05, 4.69) is 20.9 Å². The van der Waals surface area contributed by atoms with Gasteiger partial charge in [0.25, 0.3) is 5.56 Å². The van der Waals surface area contributed by atoms with E-state index < -0.39 is 35.1 Å². The van der Waals surface area contributed by atoms with Crippen LogP contribution in [0.5, 0.6) is 0 Å². The number of urea groups is 1. The first-order valence-corrected chi connectivity index (χ1v) is 12.0. The summed E-state index contributed by atoms with van der Waals surface area (Å²) < 4.78 is 21.2. The van der Waals surface area contributed by atoms with E-state index in [0.717, 1.165) is 6.07 Å². The van der Waals surface area contributed by atoms with Crippen LogP contribution in [0.2, 0.25) is 5.02 Å². The van der Waals surface area contributed by atoms with Crippen LogP contribution in [0.1, 0.15) is 46.0 Å². The van der Waals surface area contributed by atoms with Crippen LogP contribution >= 0.6 is 11.6 Å². The van der Waals surface area contributed by atoms with Crippen LogP contribution in [0.25, 0.3) is 16.6 Å². The number of fused-ring (bicyclic) bond motifs is 1. The minimum Gasteiger partial charge on any atom is -0.444 e. The van der Waals surface area contributed by atoms with Crippen molar-refractivity contribution in [2.24, 2.45) is 0 Å². The van der Waals surface area contributed by atoms with Gasteiger partial charge in [-0.1, -0.05) is 17.7 Å². The first kappa shape index (κ1) is 27.9. The van der Waals surface area contributed by atoms with Crippen molar-refractivity contribution in [3.63, 3.8) is 0 Å². The number of carbonyl (C=O) groups is 2. The molecule has 3 amide bonds. The highest BCUT2D eigenvalue weighted by atomic mass is 35.5. The van der Waals surface area contributed by atoms with E-state index >= 15 is 0 Å². The first-order valence-electron chi connectivity index (χ1n) is 11.6. The summed E-state index contributed by atoms with van der Waals surface area (Å²) in [5, 5.41) is 16.6. The number of aliphatic hydroxyl groups is 1. The molecule has 37 heavy (non-hydrogen) atoms. The van der Waals surface area contributed by atoms with Crippen molar-refractivity contribution >= 4 is 40.3 Å². The summed E-state index contributed by atoms with van der Waals surface area (Å²) in [6, 6.07) is 7.34. The predicted octanol–water partition coefficient (Wildman–Crippen LogP) is 4.27. The van der Waals surface area contributed by atoms with Crippen molar-refractivity contribution in [2.45, 2.75) is 45.8 Å². The summed E-state index contributed by atoms with van der Waals surface area (Å²) in [5.41, 5.74) is -1.01. The zero-order valence-electron chi connectivity index (χ0n) is 20.9. The molecule has 10 nitrogen and oxygen atoms in total. The summed E-state index contributed by atoms with van der Waals surface area (Å²) in [6.45, 7) is 6.91. The Labute approximate surface area is 217 Å². The van der Waals surface area contributed by atoms with Gasteiger partial charge in [0.15, 0.2) is 0 Å². The molecule has 0 saturated carbocycles. The Bertz CT molecular complexity index is 1370. The van der Waals surface area contributed by atoms with Crippen molar-refractivity contribution in [2.75, 3.05) is 18.5 Å². The second-order valence-electron chi connectivity index (χ2n) is 9.24. The molecule has 0 aliphatic heterocycles. The summed E-state index contributed by atoms with van der Waals surface area (Å²) in [6.07, 6.45) is -0.350. The smallest absolute Gasteiger partial charge is 0.408 e. The molecule has 0 bridgehead atoms. The second kappa shape index (κ2) is 11.6. The summed E-state index contributed by atoms with van der Waals surface area (Å²) in [4.78, 5) is 42.6. The minimum atomic E-state index is -0.885. The lowest BCUT2D eigenvalue weighted by Crippen LogP contribution is -2.37. The summed E-state index contributed by atoms with van der Waals surface area (Å²) in [5.74, 6) is -0.724. The van der Waals surface area contributed by atoms with Gasteiger partial charge in [-0.15, -0.1) is 0 Å². The van der Waals surface area contributed by atoms with Gasteiger partial charge in [-0.25, -0.2) is 19.0 Å². The number of benzene rings is 2. The van der Waals surface area contributed by atoms with Crippen LogP contribution in [0.3, 0.4) is 0 Å². The molecular weight excluding hydrogens is 505 g/mol. The number of nitrogens with one attached hydrogen (secondary N) is 3. The zero-order valence-corrected chi connectivity index (χ0v) is 21.6. The standard InChI is InChI=1S/C25H29ClFN5O5/c1-14(29-24(36)37-25(2,3)4)21-31-20-18(27)10-9-17(26)19(20)22(34)32(21)16-8-5-7-15(13-16)30-23(35)28-11-6-12-33/h5,7-10,13-14,33H,6,11-12H2,1-4H3,(H,29,36)(H2,28,30,35)/t14-/m0/s1. The van der Waals surface area contributed by atoms with E-state index in [4.69, 9.17) is 21.4 Å². The molecule has 198 valence electrons. The maximum atomic E-state index is 14.7. The Kier molecular flexibility index (Phi) is 8.72. The second-order valence-corrected chi connectivity index (χ2v) is 9.65. The van der Waals surface area contributed by atoms with E-state index in [1.807, 2.05) is 0 Å². The number of carbonyl (C=O) groups excluding carboxylic acids is 2. The third-order valence-corrected chi connectivity index (χ3v) is 5.37. The number of hydrogen-bond donors (Lipinski definition) is 4. The van der Waals surface area contributed by atoms with Crippen LogP contribution in [-0.2, 0) is 4.74 Å². The van der Waals surface area contributed by atoms with E-state index in [1.54, 1.807) is 45.9 Å². The molecule has 3 aromatic rings. The van der Waals surface area contributed by atoms with Crippen LogP contribution in [-0.4, -0.2) is 45.5 Å². The number of ether oxygens (including phenoxy) is 1. The van der Waals surface area contributed by atoms with Crippen LogP contribution in [0.15, 0.2) is 41.2 Å². The van der Waals surface area contributed by atoms with Crippen LogP contribution in [0.4, 0.5) is 19.7 Å². The fraction of sp³-hybridized carbons (Fsp3) is 0.360. The number of amides is 3. The number of rotatable bonds is 7. The molecule has 0 radical (unpaired) electrons. The van der Waals surface area contributed by atoms with Gasteiger partial charge in [-0.05, 0) is 64.4 Å². The van der Waals surface area contributed by atoms with Crippen molar-refractivity contribution in [3.8, 4) is 5.69 Å². The van der Waals surface area contributed by atoms with Gasteiger partial charge in [-0.2, -0.15) is 0 Å². The van der Waals surface area contributed by atoms with Crippen molar-refractivity contribution < 1.29 is 23.8 Å². The lowest BCUT2D eigenvalue weighted by molar-refractivity contribution is 0.0505. The van der Waals surface area contributed by atoms with E-state index in [-0.39, 0.29) is 34.9 Å². The topological polar surface area (TPSA) is 135 Å². The molecule has 0 aliphatic rings. The highest BCUT2D eigenvalue weighted by Gasteiger charge is 2.24. The fourth-order valence-electron chi connectivity index (χ4n) is 3.50. The van der Waals surface area contributed by atoms with Gasteiger partial charge < -0.3 is 25.8 Å². The van der Waals surface area contributed by atoms with Gasteiger partial charge >= 0.3 is 12.1 Å². The quantitative estimate of drug-likeness (QED) is 0.335. The number of halogens is 2. The van der Waals surface area contributed by atoms with Gasteiger partial charge in [0.1, 0.15) is 22.8 Å². The average molecular weight is 534 g/mol. The van der Waals surface area contributed by atoms with Crippen molar-refractivity contribution in [1.82, 2.24) is 20.2 Å². The van der Waals surface area contributed by atoms with Gasteiger partial charge in [0.05, 0.1) is 22.1 Å². The molecule has 0 spiro atoms. The summed E-state index contributed by atoms with van der Waals surface area (Å²) in [7, 11) is 0. The molecule has 0 aliphatic carbocycles. The first-order chi connectivity index (χ1) is 17.4. The number of aromatic nitrogens is 2. The predicted molar refractivity (Wildman–Crippen MR) is 139 cm³/mol. The normalized spacial score (nSPS) is 12.2. The monoisotopic (exact) mass is 533 g/mol. The van der Waals surface area contributed by atoms with E-state index in [9.17, 15) is 18.8 Å². The molecule has 3 rings (SSSR count). The Morgan fingerprint density at radius 1 is 1.24 bits per heavy atom. The van der Waals surface area contributed by atoms with Crippen molar-refractivity contribution in [1.29, 1.82) is 0 Å². The average Bonchev–Trinajstić information content (AvgIpc) is 2.80. The SMILES string of the molecule is C[C@H](NC(=O)OC(C)(C)C)c1nc2c(F)ccc(Cl)c2c(=O)n1-c1cccc(NC(=O)NCCCO)c1. The number of aliphatic hydroxyl groups excluding tert-OH is 1. The highest BCUT2D eigenvalue weighted by Crippen LogP contribution is 2.26. The molecule has 1 heterocycles. The zero-order chi connectivity index (χ0) is 27.3. The molecule has 12 heteroatoms. The number of nitrogens with zero attached hydrogens (tertiary/aromatic N) is 2. The van der Waals surface area contributed by atoms with E-state index in [0.29, 0.717) is 17.8 Å². The minimum absolute atomic E-state index is 0.0134. The maximum absolute atomic E-state index is 14.7. The van der Waals surface area contributed by atoms with Gasteiger partial charge in [0, 0.05) is 18.8 Å². The molecule has 0 fully saturated rings. The molecule has 0 unspecified atom stereocenters. The maximum Gasteiger partial charge on any atom is 0.408 e. The third kappa shape index (κ3) is 6.95. The largest absolute Gasteiger partial charge is 0.444 e. The fourth-order valence-corrected chi connectivity index (χ4v) is 3.74. The summed E-state index contributed by atoms with van der Waals surface area (Å²) >= 11 is 6.25. The molecule has 1 atom stereocenters. The molecule has 2 aromatic carbocycles. The highest BCUT2D eigenvalue weighted by molar-refractivity contribution is 6.35. The van der Waals surface area contributed by atoms with Gasteiger partial charge in [-0.3, -0.25) is 9.36 Å². The lowest BCUT2D eigenvalue weighted by atomic mass is 10.2. The number of alkyl carbamates (subject to hydrolysis) is 1. The molecular formula is C25H29ClFN5O5. The number of hydrogen-bond acceptors (Lipinski definition) is 6. The molecule has 4 N–H and O–H groups in total. The lowest BCUT2D eigenvalue weighted by Gasteiger charge is -2.23. The van der Waals surface area contributed by atoms with E-state index in [1.165, 1.54) is 16.7 Å². The van der Waals surface area contributed by atoms with Crippen LogP contribution in [0, 0.1) is 5.82 Å². The van der Waals surface area contributed by atoms with Gasteiger partial charge in [0.2, 0.25) is 0 Å². The van der Waals surface area contributed by atoms with Crippen LogP contribution < -0.4 is 21.5 Å². The van der Waals surface area contributed by atoms with Crippen molar-refractivity contribution in [3.05, 3.63) is 63.4 Å².